The minimum atomic E-state index is -4.50. The van der Waals surface area contributed by atoms with Crippen molar-refractivity contribution in [2.24, 2.45) is 5.41 Å². The summed E-state index contributed by atoms with van der Waals surface area (Å²) in [6.45, 7) is 9.09. The molecule has 0 fully saturated rings. The average molecular weight is 456 g/mol. The molecule has 2 aromatic rings. The van der Waals surface area contributed by atoms with Crippen molar-refractivity contribution in [1.29, 1.82) is 0 Å². The third kappa shape index (κ3) is 7.90. The zero-order valence-electron chi connectivity index (χ0n) is 18.9. The molecule has 1 heterocycles. The molecule has 0 aliphatic heterocycles. The normalized spacial score (nSPS) is 14.2. The second-order valence-corrected chi connectivity index (χ2v) is 9.03. The summed E-state index contributed by atoms with van der Waals surface area (Å²) in [5, 5.41) is 19.5. The fourth-order valence-corrected chi connectivity index (χ4v) is 3.18. The number of anilines is 1. The molecule has 1 aromatic heterocycles. The molecule has 10 heteroatoms. The third-order valence-electron chi connectivity index (χ3n) is 4.79. The number of nitrogens with zero attached hydrogens (tertiary/aromatic N) is 2. The van der Waals surface area contributed by atoms with E-state index < -0.39 is 29.8 Å². The van der Waals surface area contributed by atoms with Crippen LogP contribution in [0.2, 0.25) is 0 Å². The zero-order valence-corrected chi connectivity index (χ0v) is 18.9. The van der Waals surface area contributed by atoms with Crippen molar-refractivity contribution in [3.8, 4) is 0 Å². The van der Waals surface area contributed by atoms with Gasteiger partial charge in [-0.3, -0.25) is 4.79 Å². The first-order chi connectivity index (χ1) is 14.9. The van der Waals surface area contributed by atoms with E-state index in [0.29, 0.717) is 25.0 Å². The Hall–Kier alpha value is -2.46. The highest BCUT2D eigenvalue weighted by atomic mass is 19.4. The van der Waals surface area contributed by atoms with Crippen molar-refractivity contribution < 1.29 is 23.1 Å². The molecule has 178 valence electrons. The third-order valence-corrected chi connectivity index (χ3v) is 4.79. The highest BCUT2D eigenvalue weighted by molar-refractivity contribution is 5.91. The van der Waals surface area contributed by atoms with E-state index in [-0.39, 0.29) is 23.2 Å². The Morgan fingerprint density at radius 1 is 1.19 bits per heavy atom. The first-order valence-corrected chi connectivity index (χ1v) is 10.6. The number of rotatable bonds is 10. The van der Waals surface area contributed by atoms with Crippen molar-refractivity contribution in [2.75, 3.05) is 25.0 Å². The number of halogens is 3. The fraction of sp³-hybridized carbons (Fsp3) is 0.591. The number of hydrogen-bond donors (Lipinski definition) is 4. The van der Waals surface area contributed by atoms with E-state index in [4.69, 9.17) is 0 Å². The molecule has 4 N–H and O–H groups in total. The summed E-state index contributed by atoms with van der Waals surface area (Å²) in [7, 11) is 0. The predicted octanol–water partition coefficient (Wildman–Crippen LogP) is 3.34. The molecule has 0 spiro atoms. The number of hydrogen-bond acceptors (Lipinski definition) is 6. The molecule has 1 amide bonds. The number of aliphatic hydroxyl groups is 1. The standard InChI is InChI=1S/C22H32F3N5O2/c1-5-6-18(31)17(10-26-12-21(2,3)4)30-19(32)11-27-20-15-9-14(22(23,24)25)7-8-16(15)28-13-29-20/h7-9,13,17-18,26,31H,5-6,10-12H2,1-4H3,(H,30,32)(H,27,28,29). The van der Waals surface area contributed by atoms with Gasteiger partial charge in [0, 0.05) is 18.5 Å². The van der Waals surface area contributed by atoms with Gasteiger partial charge in [0.1, 0.15) is 12.1 Å². The topological polar surface area (TPSA) is 99.2 Å². The van der Waals surface area contributed by atoms with Crippen molar-refractivity contribution >= 4 is 22.6 Å². The second-order valence-electron chi connectivity index (χ2n) is 9.03. The summed E-state index contributed by atoms with van der Waals surface area (Å²) in [6, 6.07) is 2.68. The molecule has 2 atom stereocenters. The van der Waals surface area contributed by atoms with Crippen LogP contribution in [0.15, 0.2) is 24.5 Å². The SMILES string of the molecule is CCCC(O)C(CNCC(C)(C)C)NC(=O)CNc1ncnc2ccc(C(F)(F)F)cc12. The van der Waals surface area contributed by atoms with Gasteiger partial charge in [0.05, 0.1) is 29.8 Å². The van der Waals surface area contributed by atoms with Crippen LogP contribution in [0.1, 0.15) is 46.1 Å². The number of aliphatic hydroxyl groups excluding tert-OH is 1. The number of nitrogens with one attached hydrogen (secondary N) is 3. The zero-order chi connectivity index (χ0) is 23.9. The molecule has 2 rings (SSSR count). The van der Waals surface area contributed by atoms with Gasteiger partial charge in [0.15, 0.2) is 0 Å². The molecule has 0 saturated heterocycles. The van der Waals surface area contributed by atoms with Gasteiger partial charge in [0.2, 0.25) is 5.91 Å². The fourth-order valence-electron chi connectivity index (χ4n) is 3.18. The predicted molar refractivity (Wildman–Crippen MR) is 118 cm³/mol. The van der Waals surface area contributed by atoms with Gasteiger partial charge in [-0.15, -0.1) is 0 Å². The van der Waals surface area contributed by atoms with Crippen molar-refractivity contribution in [3.63, 3.8) is 0 Å². The van der Waals surface area contributed by atoms with Gasteiger partial charge in [0.25, 0.3) is 0 Å². The van der Waals surface area contributed by atoms with Crippen LogP contribution >= 0.6 is 0 Å². The number of fused-ring (bicyclic) bond motifs is 1. The van der Waals surface area contributed by atoms with Crippen LogP contribution in [0.5, 0.6) is 0 Å². The Labute approximate surface area is 186 Å². The lowest BCUT2D eigenvalue weighted by molar-refractivity contribution is -0.137. The van der Waals surface area contributed by atoms with Gasteiger partial charge in [-0.1, -0.05) is 34.1 Å². The largest absolute Gasteiger partial charge is 0.416 e. The minimum absolute atomic E-state index is 0.0508. The van der Waals surface area contributed by atoms with Crippen molar-refractivity contribution in [1.82, 2.24) is 20.6 Å². The summed E-state index contributed by atoms with van der Waals surface area (Å²) in [5.74, 6) is -0.269. The lowest BCUT2D eigenvalue weighted by Crippen LogP contribution is -2.51. The summed E-state index contributed by atoms with van der Waals surface area (Å²) in [4.78, 5) is 20.5. The van der Waals surface area contributed by atoms with Crippen LogP contribution in [0.3, 0.4) is 0 Å². The summed E-state index contributed by atoms with van der Waals surface area (Å²) < 4.78 is 39.2. The van der Waals surface area contributed by atoms with E-state index in [1.165, 1.54) is 12.4 Å². The molecule has 32 heavy (non-hydrogen) atoms. The first-order valence-electron chi connectivity index (χ1n) is 10.6. The molecular weight excluding hydrogens is 423 g/mol. The van der Waals surface area contributed by atoms with Gasteiger partial charge < -0.3 is 21.1 Å². The van der Waals surface area contributed by atoms with E-state index >= 15 is 0 Å². The highest BCUT2D eigenvalue weighted by Gasteiger charge is 2.31. The lowest BCUT2D eigenvalue weighted by atomic mass is 9.96. The molecule has 0 radical (unpaired) electrons. The lowest BCUT2D eigenvalue weighted by Gasteiger charge is -2.27. The van der Waals surface area contributed by atoms with E-state index in [1.54, 1.807) is 0 Å². The van der Waals surface area contributed by atoms with E-state index in [0.717, 1.165) is 18.6 Å². The van der Waals surface area contributed by atoms with Crippen LogP contribution in [-0.2, 0) is 11.0 Å². The Bertz CT molecular complexity index is 899. The van der Waals surface area contributed by atoms with Crippen LogP contribution in [-0.4, -0.2) is 52.8 Å². The van der Waals surface area contributed by atoms with Crippen LogP contribution in [0.4, 0.5) is 19.0 Å². The van der Waals surface area contributed by atoms with Crippen LogP contribution in [0, 0.1) is 5.41 Å². The Balaban J connectivity index is 2.06. The quantitative estimate of drug-likeness (QED) is 0.439. The van der Waals surface area contributed by atoms with Crippen molar-refractivity contribution in [3.05, 3.63) is 30.1 Å². The van der Waals surface area contributed by atoms with E-state index in [1.807, 2.05) is 6.92 Å². The monoisotopic (exact) mass is 455 g/mol. The summed E-state index contributed by atoms with van der Waals surface area (Å²) >= 11 is 0. The molecule has 1 aromatic carbocycles. The number of alkyl halides is 3. The average Bonchev–Trinajstić information content (AvgIpc) is 2.69. The second kappa shape index (κ2) is 10.9. The first kappa shape index (κ1) is 25.8. The maximum atomic E-state index is 13.1. The van der Waals surface area contributed by atoms with Gasteiger partial charge in [-0.05, 0) is 30.0 Å². The molecule has 2 unspecified atom stereocenters. The Morgan fingerprint density at radius 2 is 1.91 bits per heavy atom. The molecule has 0 aliphatic carbocycles. The van der Waals surface area contributed by atoms with Crippen LogP contribution < -0.4 is 16.0 Å². The minimum Gasteiger partial charge on any atom is -0.391 e. The smallest absolute Gasteiger partial charge is 0.391 e. The highest BCUT2D eigenvalue weighted by Crippen LogP contribution is 2.32. The maximum Gasteiger partial charge on any atom is 0.416 e. The summed E-state index contributed by atoms with van der Waals surface area (Å²) in [6.07, 6.45) is -2.70. The molecule has 0 aliphatic rings. The van der Waals surface area contributed by atoms with Gasteiger partial charge in [-0.2, -0.15) is 13.2 Å². The Kier molecular flexibility index (Phi) is 8.80. The van der Waals surface area contributed by atoms with Crippen molar-refractivity contribution in [2.45, 2.75) is 58.9 Å². The molecule has 0 bridgehead atoms. The maximum absolute atomic E-state index is 13.1. The summed E-state index contributed by atoms with van der Waals surface area (Å²) in [5.41, 5.74) is -0.437. The van der Waals surface area contributed by atoms with Gasteiger partial charge >= 0.3 is 6.18 Å². The number of aromatic nitrogens is 2. The Morgan fingerprint density at radius 3 is 2.53 bits per heavy atom. The molecular formula is C22H32F3N5O2. The molecule has 0 saturated carbocycles. The number of benzene rings is 1. The van der Waals surface area contributed by atoms with E-state index in [2.05, 4.69) is 46.7 Å². The number of amides is 1. The molecule has 7 nitrogen and oxygen atoms in total. The number of carbonyl (C=O) groups excluding carboxylic acids is 1. The number of carbonyl (C=O) groups is 1. The van der Waals surface area contributed by atoms with E-state index in [9.17, 15) is 23.1 Å². The van der Waals surface area contributed by atoms with Gasteiger partial charge in [-0.25, -0.2) is 9.97 Å². The van der Waals surface area contributed by atoms with Crippen LogP contribution in [0.25, 0.3) is 10.9 Å².